The molecule has 0 saturated heterocycles. The van der Waals surface area contributed by atoms with Crippen LogP contribution in [0.25, 0.3) is 6.08 Å². The molecule has 2 aromatic rings. The number of aliphatic hydroxyl groups excluding tert-OH is 1. The molecule has 2 rings (SSSR count). The summed E-state index contributed by atoms with van der Waals surface area (Å²) in [6, 6.07) is 19.3. The Morgan fingerprint density at radius 1 is 1.05 bits per heavy atom. The maximum absolute atomic E-state index is 11.7. The Labute approximate surface area is 124 Å². The third-order valence-electron chi connectivity index (χ3n) is 3.05. The molecule has 21 heavy (non-hydrogen) atoms. The minimum Gasteiger partial charge on any atom is -0.391 e. The van der Waals surface area contributed by atoms with E-state index in [0.29, 0.717) is 6.42 Å². The van der Waals surface area contributed by atoms with Crippen molar-refractivity contribution in [2.75, 3.05) is 6.54 Å². The van der Waals surface area contributed by atoms with Crippen molar-refractivity contribution in [1.82, 2.24) is 5.32 Å². The summed E-state index contributed by atoms with van der Waals surface area (Å²) in [6.07, 6.45) is 3.17. The number of hydrogen-bond donors (Lipinski definition) is 2. The summed E-state index contributed by atoms with van der Waals surface area (Å²) < 4.78 is 0. The lowest BCUT2D eigenvalue weighted by Gasteiger charge is -2.10. The Hall–Kier alpha value is -2.39. The van der Waals surface area contributed by atoms with Gasteiger partial charge in [0.2, 0.25) is 5.91 Å². The van der Waals surface area contributed by atoms with Crippen LogP contribution in [0.2, 0.25) is 0 Å². The minimum atomic E-state index is -0.582. The van der Waals surface area contributed by atoms with Crippen LogP contribution < -0.4 is 5.32 Å². The van der Waals surface area contributed by atoms with Crippen LogP contribution >= 0.6 is 0 Å². The minimum absolute atomic E-state index is 0.203. The van der Waals surface area contributed by atoms with E-state index < -0.39 is 6.10 Å². The summed E-state index contributed by atoms with van der Waals surface area (Å²) in [7, 11) is 0. The van der Waals surface area contributed by atoms with Crippen molar-refractivity contribution in [3.05, 3.63) is 77.9 Å². The van der Waals surface area contributed by atoms with E-state index in [2.05, 4.69) is 5.32 Å². The van der Waals surface area contributed by atoms with Crippen molar-refractivity contribution < 1.29 is 9.90 Å². The summed E-state index contributed by atoms with van der Waals surface area (Å²) in [5.74, 6) is -0.203. The van der Waals surface area contributed by atoms with Crippen LogP contribution in [0.3, 0.4) is 0 Å². The molecule has 0 unspecified atom stereocenters. The lowest BCUT2D eigenvalue weighted by Crippen LogP contribution is -2.32. The first-order chi connectivity index (χ1) is 10.2. The lowest BCUT2D eigenvalue weighted by molar-refractivity contribution is -0.116. The van der Waals surface area contributed by atoms with Crippen LogP contribution in [-0.2, 0) is 11.2 Å². The third-order valence-corrected chi connectivity index (χ3v) is 3.05. The van der Waals surface area contributed by atoms with Crippen molar-refractivity contribution in [3.63, 3.8) is 0 Å². The molecule has 2 aromatic carbocycles. The Morgan fingerprint density at radius 3 is 2.33 bits per heavy atom. The molecule has 1 atom stereocenters. The number of hydrogen-bond acceptors (Lipinski definition) is 2. The van der Waals surface area contributed by atoms with E-state index in [9.17, 15) is 9.90 Å². The molecule has 0 aliphatic rings. The highest BCUT2D eigenvalue weighted by Crippen LogP contribution is 2.03. The average Bonchev–Trinajstić information content (AvgIpc) is 2.53. The largest absolute Gasteiger partial charge is 0.391 e. The molecule has 0 heterocycles. The average molecular weight is 281 g/mol. The number of aliphatic hydroxyl groups is 1. The van der Waals surface area contributed by atoms with Crippen molar-refractivity contribution in [2.24, 2.45) is 0 Å². The van der Waals surface area contributed by atoms with Crippen molar-refractivity contribution in [3.8, 4) is 0 Å². The zero-order chi connectivity index (χ0) is 14.9. The van der Waals surface area contributed by atoms with Gasteiger partial charge in [-0.15, -0.1) is 0 Å². The standard InChI is InChI=1S/C18H19NO2/c20-17(13-16-9-5-2-6-10-16)14-19-18(21)12-11-15-7-3-1-4-8-15/h1-12,17,20H,13-14H2,(H,19,21)/b12-11+/t17-/m1/s1. The van der Waals surface area contributed by atoms with E-state index >= 15 is 0 Å². The van der Waals surface area contributed by atoms with E-state index in [1.54, 1.807) is 6.08 Å². The highest BCUT2D eigenvalue weighted by Gasteiger charge is 2.06. The van der Waals surface area contributed by atoms with Gasteiger partial charge in [-0.3, -0.25) is 4.79 Å². The smallest absolute Gasteiger partial charge is 0.244 e. The molecule has 0 aromatic heterocycles. The molecule has 0 saturated carbocycles. The summed E-state index contributed by atoms with van der Waals surface area (Å²) in [4.78, 5) is 11.7. The highest BCUT2D eigenvalue weighted by atomic mass is 16.3. The second kappa shape index (κ2) is 8.02. The summed E-state index contributed by atoms with van der Waals surface area (Å²) >= 11 is 0. The van der Waals surface area contributed by atoms with Crippen LogP contribution in [0, 0.1) is 0 Å². The van der Waals surface area contributed by atoms with Gasteiger partial charge in [0.15, 0.2) is 0 Å². The molecular weight excluding hydrogens is 262 g/mol. The van der Waals surface area contributed by atoms with Gasteiger partial charge in [-0.1, -0.05) is 60.7 Å². The van der Waals surface area contributed by atoms with Gasteiger partial charge < -0.3 is 10.4 Å². The quantitative estimate of drug-likeness (QED) is 0.799. The van der Waals surface area contributed by atoms with Gasteiger partial charge in [-0.25, -0.2) is 0 Å². The fraction of sp³-hybridized carbons (Fsp3) is 0.167. The van der Waals surface area contributed by atoms with Gasteiger partial charge in [-0.05, 0) is 17.2 Å². The van der Waals surface area contributed by atoms with Crippen LogP contribution in [0.4, 0.5) is 0 Å². The van der Waals surface area contributed by atoms with Gasteiger partial charge in [0.1, 0.15) is 0 Å². The molecule has 3 heteroatoms. The van der Waals surface area contributed by atoms with Crippen molar-refractivity contribution in [2.45, 2.75) is 12.5 Å². The van der Waals surface area contributed by atoms with Gasteiger partial charge in [0.05, 0.1) is 6.10 Å². The number of carbonyl (C=O) groups is 1. The molecule has 1 amide bonds. The van der Waals surface area contributed by atoms with E-state index in [1.807, 2.05) is 60.7 Å². The number of rotatable bonds is 6. The number of amides is 1. The van der Waals surface area contributed by atoms with E-state index in [1.165, 1.54) is 6.08 Å². The molecular formula is C18H19NO2. The zero-order valence-electron chi connectivity index (χ0n) is 11.8. The lowest BCUT2D eigenvalue weighted by atomic mass is 10.1. The van der Waals surface area contributed by atoms with Crippen molar-refractivity contribution >= 4 is 12.0 Å². The maximum atomic E-state index is 11.7. The molecule has 108 valence electrons. The first kappa shape index (κ1) is 15.0. The Kier molecular flexibility index (Phi) is 5.73. The fourth-order valence-corrected chi connectivity index (χ4v) is 1.97. The third kappa shape index (κ3) is 5.63. The molecule has 2 N–H and O–H groups in total. The second-order valence-corrected chi connectivity index (χ2v) is 4.83. The molecule has 0 radical (unpaired) electrons. The Morgan fingerprint density at radius 2 is 1.67 bits per heavy atom. The monoisotopic (exact) mass is 281 g/mol. The van der Waals surface area contributed by atoms with E-state index in [-0.39, 0.29) is 12.5 Å². The molecule has 0 aliphatic heterocycles. The second-order valence-electron chi connectivity index (χ2n) is 4.83. The van der Waals surface area contributed by atoms with Crippen LogP contribution in [0.15, 0.2) is 66.7 Å². The number of benzene rings is 2. The normalized spacial score (nSPS) is 12.2. The van der Waals surface area contributed by atoms with E-state index in [4.69, 9.17) is 0 Å². The zero-order valence-corrected chi connectivity index (χ0v) is 11.8. The highest BCUT2D eigenvalue weighted by molar-refractivity contribution is 5.91. The topological polar surface area (TPSA) is 49.3 Å². The van der Waals surface area contributed by atoms with Crippen LogP contribution in [-0.4, -0.2) is 23.7 Å². The molecule has 0 fully saturated rings. The van der Waals surface area contributed by atoms with Crippen LogP contribution in [0.5, 0.6) is 0 Å². The first-order valence-electron chi connectivity index (χ1n) is 6.97. The van der Waals surface area contributed by atoms with Gasteiger partial charge in [0, 0.05) is 19.0 Å². The molecule has 0 bridgehead atoms. The molecule has 3 nitrogen and oxygen atoms in total. The Bertz CT molecular complexity index is 579. The van der Waals surface area contributed by atoms with Gasteiger partial charge >= 0.3 is 0 Å². The van der Waals surface area contributed by atoms with E-state index in [0.717, 1.165) is 11.1 Å². The predicted octanol–water partition coefficient (Wildman–Crippen LogP) is 2.42. The van der Waals surface area contributed by atoms with Crippen molar-refractivity contribution in [1.29, 1.82) is 0 Å². The summed E-state index contributed by atoms with van der Waals surface area (Å²) in [5, 5.41) is 12.6. The Balaban J connectivity index is 1.75. The first-order valence-corrected chi connectivity index (χ1v) is 6.97. The SMILES string of the molecule is O=C(/C=C/c1ccccc1)NC[C@H](O)Cc1ccccc1. The predicted molar refractivity (Wildman–Crippen MR) is 84.6 cm³/mol. The van der Waals surface area contributed by atoms with Crippen LogP contribution in [0.1, 0.15) is 11.1 Å². The maximum Gasteiger partial charge on any atom is 0.244 e. The molecule has 0 aliphatic carbocycles. The number of nitrogens with one attached hydrogen (secondary N) is 1. The van der Waals surface area contributed by atoms with Gasteiger partial charge in [0.25, 0.3) is 0 Å². The van der Waals surface area contributed by atoms with Gasteiger partial charge in [-0.2, -0.15) is 0 Å². The fourth-order valence-electron chi connectivity index (χ4n) is 1.97. The summed E-state index contributed by atoms with van der Waals surface area (Å²) in [5.41, 5.74) is 2.02. The number of carbonyl (C=O) groups excluding carboxylic acids is 1. The summed E-state index contributed by atoms with van der Waals surface area (Å²) in [6.45, 7) is 0.243. The molecule has 0 spiro atoms.